The second kappa shape index (κ2) is 20.4. The van der Waals surface area contributed by atoms with Crippen LogP contribution in [0, 0.1) is 16.2 Å². The Kier molecular flexibility index (Phi) is 16.4. The molecule has 17 nitrogen and oxygen atoms in total. The lowest BCUT2D eigenvalue weighted by atomic mass is 10.1. The molecule has 0 bridgehead atoms. The lowest BCUT2D eigenvalue weighted by molar-refractivity contribution is -0.134. The number of rotatable bonds is 20. The molecule has 17 heteroatoms. The van der Waals surface area contributed by atoms with Gasteiger partial charge < -0.3 is 54.2 Å². The number of nitrogens with one attached hydrogen (secondary N) is 9. The predicted octanol–water partition coefficient (Wildman–Crippen LogP) is -2.20. The highest BCUT2D eigenvalue weighted by Crippen LogP contribution is 2.06. The van der Waals surface area contributed by atoms with Gasteiger partial charge in [-0.1, -0.05) is 54.6 Å². The Bertz CT molecular complexity index is 1400. The average Bonchev–Trinajstić information content (AvgIpc) is 3.05. The molecule has 0 saturated carbocycles. The number of amides is 4. The molecule has 0 fully saturated rings. The molecule has 0 spiro atoms. The van der Waals surface area contributed by atoms with E-state index in [1.54, 1.807) is 48.5 Å². The van der Waals surface area contributed by atoms with Gasteiger partial charge in [0.25, 0.3) is 0 Å². The standard InChI is InChI=1S/C31H46N12O5/c32-26(33)21-12-10-20(11-13-21)17-40-27(46)22(8-4-14-38-30(34)35)42-29(48)24(18-44)43-28(47)23(9-5-15-39-31(36)37)41-25(45)16-19-6-2-1-3-7-19/h1-3,6-7,10-13,22-24,44H,4-5,8-9,14-18H2,(H3,32,33)(H,40,46)(H,41,45)(H,42,48)(H,43,47)(H4,34,35,38)(H4,36,37,39)/t22-,23-,24?/m0/s1. The topological polar surface area (TPSA) is 310 Å². The Hall–Kier alpha value is -5.71. The van der Waals surface area contributed by atoms with E-state index in [9.17, 15) is 24.3 Å². The van der Waals surface area contributed by atoms with Crippen LogP contribution in [0.4, 0.5) is 0 Å². The summed E-state index contributed by atoms with van der Waals surface area (Å²) in [6.07, 6.45) is 0.956. The van der Waals surface area contributed by atoms with Crippen LogP contribution in [0.3, 0.4) is 0 Å². The maximum absolute atomic E-state index is 13.3. The molecule has 4 amide bonds. The van der Waals surface area contributed by atoms with Crippen LogP contribution in [0.5, 0.6) is 0 Å². The number of aliphatic hydroxyl groups is 1. The summed E-state index contributed by atoms with van der Waals surface area (Å²) in [5.74, 6) is -3.11. The van der Waals surface area contributed by atoms with Crippen molar-refractivity contribution in [1.82, 2.24) is 31.9 Å². The number of aliphatic hydroxyl groups excluding tert-OH is 1. The van der Waals surface area contributed by atoms with Crippen LogP contribution in [0.1, 0.15) is 42.4 Å². The maximum Gasteiger partial charge on any atom is 0.245 e. The normalized spacial score (nSPS) is 12.4. The molecule has 260 valence electrons. The van der Waals surface area contributed by atoms with E-state index in [0.717, 1.165) is 11.1 Å². The zero-order chi connectivity index (χ0) is 35.5. The van der Waals surface area contributed by atoms with E-state index in [0.29, 0.717) is 18.4 Å². The highest BCUT2D eigenvalue weighted by molar-refractivity contribution is 5.95. The second-order valence-electron chi connectivity index (χ2n) is 10.9. The van der Waals surface area contributed by atoms with Gasteiger partial charge in [0.05, 0.1) is 13.0 Å². The second-order valence-corrected chi connectivity index (χ2v) is 10.9. The molecule has 16 N–H and O–H groups in total. The van der Waals surface area contributed by atoms with Crippen molar-refractivity contribution < 1.29 is 24.3 Å². The zero-order valence-electron chi connectivity index (χ0n) is 26.6. The maximum atomic E-state index is 13.3. The van der Waals surface area contributed by atoms with Gasteiger partial charge in [-0.15, -0.1) is 0 Å². The van der Waals surface area contributed by atoms with Crippen LogP contribution >= 0.6 is 0 Å². The highest BCUT2D eigenvalue weighted by atomic mass is 16.3. The summed E-state index contributed by atoms with van der Waals surface area (Å²) in [6, 6.07) is 12.0. The van der Waals surface area contributed by atoms with Crippen LogP contribution in [0.15, 0.2) is 54.6 Å². The van der Waals surface area contributed by atoms with Gasteiger partial charge in [-0.05, 0) is 36.8 Å². The summed E-state index contributed by atoms with van der Waals surface area (Å²) in [5.41, 5.74) is 18.1. The minimum absolute atomic E-state index is 0.0103. The first-order valence-electron chi connectivity index (χ1n) is 15.3. The number of nitrogens with two attached hydrogens (primary N) is 3. The first kappa shape index (κ1) is 38.5. The summed E-state index contributed by atoms with van der Waals surface area (Å²) < 4.78 is 0. The zero-order valence-corrected chi connectivity index (χ0v) is 26.6. The van der Waals surface area contributed by atoms with Gasteiger partial charge in [-0.25, -0.2) is 0 Å². The van der Waals surface area contributed by atoms with E-state index in [-0.39, 0.29) is 56.7 Å². The quantitative estimate of drug-likeness (QED) is 0.0411. The van der Waals surface area contributed by atoms with E-state index >= 15 is 0 Å². The smallest absolute Gasteiger partial charge is 0.245 e. The fourth-order valence-corrected chi connectivity index (χ4v) is 4.48. The Labute approximate surface area is 278 Å². The predicted molar refractivity (Wildman–Crippen MR) is 181 cm³/mol. The van der Waals surface area contributed by atoms with Crippen molar-refractivity contribution in [3.8, 4) is 0 Å². The molecule has 48 heavy (non-hydrogen) atoms. The Balaban J connectivity index is 2.10. The SMILES string of the molecule is N=C(N)NCCC[C@H](NC(=O)Cc1ccccc1)C(=O)NC(CO)C(=O)N[C@@H](CCCNC(=N)N)C(=O)NCc1ccc(C(=N)N)cc1. The van der Waals surface area contributed by atoms with Gasteiger partial charge in [-0.3, -0.25) is 35.4 Å². The number of amidine groups is 1. The number of benzene rings is 2. The van der Waals surface area contributed by atoms with Crippen LogP contribution < -0.4 is 49.1 Å². The molecule has 0 saturated heterocycles. The van der Waals surface area contributed by atoms with Crippen LogP contribution in [0.2, 0.25) is 0 Å². The number of nitrogen functional groups attached to an aromatic ring is 1. The van der Waals surface area contributed by atoms with Gasteiger partial charge in [-0.2, -0.15) is 0 Å². The first-order chi connectivity index (χ1) is 22.9. The molecule has 0 aromatic heterocycles. The molecular weight excluding hydrogens is 620 g/mol. The largest absolute Gasteiger partial charge is 0.394 e. The van der Waals surface area contributed by atoms with Crippen LogP contribution in [-0.4, -0.2) is 84.3 Å². The first-order valence-corrected chi connectivity index (χ1v) is 15.3. The van der Waals surface area contributed by atoms with Crippen molar-refractivity contribution in [3.05, 3.63) is 71.3 Å². The molecular formula is C31H46N12O5. The highest BCUT2D eigenvalue weighted by Gasteiger charge is 2.29. The minimum atomic E-state index is -1.45. The van der Waals surface area contributed by atoms with E-state index in [4.69, 9.17) is 33.4 Å². The third-order valence-corrected chi connectivity index (χ3v) is 7.01. The summed E-state index contributed by atoms with van der Waals surface area (Å²) in [7, 11) is 0. The number of carbonyl (C=O) groups is 4. The van der Waals surface area contributed by atoms with Gasteiger partial charge in [0.15, 0.2) is 11.9 Å². The third-order valence-electron chi connectivity index (χ3n) is 7.01. The average molecular weight is 667 g/mol. The molecule has 2 rings (SSSR count). The summed E-state index contributed by atoms with van der Waals surface area (Å²) in [6.45, 7) is -0.173. The molecule has 2 aromatic rings. The molecule has 1 unspecified atom stereocenters. The minimum Gasteiger partial charge on any atom is -0.394 e. The fourth-order valence-electron chi connectivity index (χ4n) is 4.48. The Morgan fingerprint density at radius 3 is 1.69 bits per heavy atom. The van der Waals surface area contributed by atoms with Gasteiger partial charge >= 0.3 is 0 Å². The van der Waals surface area contributed by atoms with Crippen molar-refractivity contribution >= 4 is 41.4 Å². The van der Waals surface area contributed by atoms with Crippen LogP contribution in [-0.2, 0) is 32.1 Å². The van der Waals surface area contributed by atoms with E-state index < -0.39 is 48.4 Å². The molecule has 0 heterocycles. The number of carbonyl (C=O) groups excluding carboxylic acids is 4. The molecule has 3 atom stereocenters. The van der Waals surface area contributed by atoms with Gasteiger partial charge in [0, 0.05) is 25.2 Å². The van der Waals surface area contributed by atoms with Crippen molar-refractivity contribution in [2.75, 3.05) is 19.7 Å². The monoisotopic (exact) mass is 666 g/mol. The number of hydrogen-bond donors (Lipinski definition) is 13. The lowest BCUT2D eigenvalue weighted by Gasteiger charge is -2.24. The summed E-state index contributed by atoms with van der Waals surface area (Å²) in [5, 5.41) is 47.9. The fraction of sp³-hybridized carbons (Fsp3) is 0.387. The number of hydrogen-bond acceptors (Lipinski definition) is 8. The lowest BCUT2D eigenvalue weighted by Crippen LogP contribution is -2.58. The molecule has 0 aliphatic rings. The van der Waals surface area contributed by atoms with Gasteiger partial charge in [0.1, 0.15) is 24.0 Å². The van der Waals surface area contributed by atoms with E-state index in [2.05, 4.69) is 31.9 Å². The van der Waals surface area contributed by atoms with Crippen LogP contribution in [0.25, 0.3) is 0 Å². The van der Waals surface area contributed by atoms with E-state index in [1.807, 2.05) is 6.07 Å². The van der Waals surface area contributed by atoms with Crippen molar-refractivity contribution in [1.29, 1.82) is 16.2 Å². The summed E-state index contributed by atoms with van der Waals surface area (Å²) in [4.78, 5) is 52.5. The Morgan fingerprint density at radius 2 is 1.17 bits per heavy atom. The van der Waals surface area contributed by atoms with Crippen molar-refractivity contribution in [3.63, 3.8) is 0 Å². The molecule has 0 aliphatic carbocycles. The number of guanidine groups is 2. The third kappa shape index (κ3) is 14.6. The summed E-state index contributed by atoms with van der Waals surface area (Å²) >= 11 is 0. The Morgan fingerprint density at radius 1 is 0.646 bits per heavy atom. The van der Waals surface area contributed by atoms with Crippen molar-refractivity contribution in [2.24, 2.45) is 17.2 Å². The van der Waals surface area contributed by atoms with Crippen molar-refractivity contribution in [2.45, 2.75) is 56.8 Å². The molecule has 0 aliphatic heterocycles. The molecule has 2 aromatic carbocycles. The van der Waals surface area contributed by atoms with E-state index in [1.165, 1.54) is 0 Å². The molecule has 0 radical (unpaired) electrons. The van der Waals surface area contributed by atoms with Gasteiger partial charge in [0.2, 0.25) is 23.6 Å².